The second kappa shape index (κ2) is 6.93. The first-order valence-electron chi connectivity index (χ1n) is 5.76. The summed E-state index contributed by atoms with van der Waals surface area (Å²) < 4.78 is 26.0. The van der Waals surface area contributed by atoms with Gasteiger partial charge in [-0.15, -0.1) is 22.7 Å². The third-order valence-electron chi connectivity index (χ3n) is 2.33. The normalized spacial score (nSPS) is 11.4. The van der Waals surface area contributed by atoms with Gasteiger partial charge in [-0.2, -0.15) is 0 Å². The average molecular weight is 331 g/mol. The number of thiazole rings is 1. The summed E-state index contributed by atoms with van der Waals surface area (Å²) >= 11 is 2.63. The standard InChI is InChI=1S/C11H13N3O3S3/c15-9(12-4-3-10-13-5-7-18-10)8-14-20(16,17)11-2-1-6-19-11/h1-2,5-7,14H,3-4,8H2,(H,12,15). The fourth-order valence-corrected chi connectivity index (χ4v) is 4.04. The van der Waals surface area contributed by atoms with Gasteiger partial charge in [0, 0.05) is 24.5 Å². The third kappa shape index (κ3) is 4.37. The summed E-state index contributed by atoms with van der Waals surface area (Å²) in [5.74, 6) is -0.360. The lowest BCUT2D eigenvalue weighted by atomic mass is 10.4. The van der Waals surface area contributed by atoms with Crippen LogP contribution < -0.4 is 10.0 Å². The summed E-state index contributed by atoms with van der Waals surface area (Å²) in [4.78, 5) is 15.6. The van der Waals surface area contributed by atoms with Crippen LogP contribution in [0.1, 0.15) is 5.01 Å². The highest BCUT2D eigenvalue weighted by atomic mass is 32.2. The van der Waals surface area contributed by atoms with Crippen molar-refractivity contribution in [2.45, 2.75) is 10.6 Å². The van der Waals surface area contributed by atoms with E-state index in [4.69, 9.17) is 0 Å². The van der Waals surface area contributed by atoms with Crippen LogP contribution in [0.25, 0.3) is 0 Å². The molecule has 0 aliphatic rings. The third-order valence-corrected chi connectivity index (χ3v) is 5.97. The van der Waals surface area contributed by atoms with Gasteiger partial charge in [0.25, 0.3) is 10.0 Å². The predicted molar refractivity (Wildman–Crippen MR) is 78.3 cm³/mol. The zero-order valence-electron chi connectivity index (χ0n) is 10.4. The maximum absolute atomic E-state index is 11.8. The molecule has 0 fully saturated rings. The van der Waals surface area contributed by atoms with E-state index in [0.717, 1.165) is 16.3 Å². The fourth-order valence-electron chi connectivity index (χ4n) is 1.40. The molecule has 0 atom stereocenters. The first-order valence-corrected chi connectivity index (χ1v) is 9.00. The average Bonchev–Trinajstić information content (AvgIpc) is 3.09. The van der Waals surface area contributed by atoms with Crippen molar-refractivity contribution in [3.8, 4) is 0 Å². The van der Waals surface area contributed by atoms with E-state index in [1.165, 1.54) is 17.4 Å². The van der Waals surface area contributed by atoms with Crippen molar-refractivity contribution in [1.29, 1.82) is 0 Å². The molecule has 0 aliphatic heterocycles. The van der Waals surface area contributed by atoms with Crippen LogP contribution in [-0.2, 0) is 21.2 Å². The van der Waals surface area contributed by atoms with Gasteiger partial charge < -0.3 is 5.32 Å². The van der Waals surface area contributed by atoms with Crippen LogP contribution in [0.15, 0.2) is 33.3 Å². The van der Waals surface area contributed by atoms with Crippen LogP contribution in [0.3, 0.4) is 0 Å². The molecule has 2 N–H and O–H groups in total. The zero-order chi connectivity index (χ0) is 14.4. The minimum atomic E-state index is -3.58. The largest absolute Gasteiger partial charge is 0.355 e. The molecule has 0 aromatic carbocycles. The number of carbonyl (C=O) groups is 1. The van der Waals surface area contributed by atoms with Crippen LogP contribution in [0.4, 0.5) is 0 Å². The van der Waals surface area contributed by atoms with E-state index in [2.05, 4.69) is 15.0 Å². The van der Waals surface area contributed by atoms with Crippen LogP contribution in [0.2, 0.25) is 0 Å². The molecule has 0 saturated carbocycles. The van der Waals surface area contributed by atoms with E-state index in [9.17, 15) is 13.2 Å². The van der Waals surface area contributed by atoms with E-state index >= 15 is 0 Å². The maximum Gasteiger partial charge on any atom is 0.250 e. The van der Waals surface area contributed by atoms with Gasteiger partial charge in [0.15, 0.2) is 0 Å². The molecule has 2 rings (SSSR count). The minimum absolute atomic E-state index is 0.202. The Kier molecular flexibility index (Phi) is 5.24. The summed E-state index contributed by atoms with van der Waals surface area (Å²) in [5, 5.41) is 7.11. The molecule has 20 heavy (non-hydrogen) atoms. The van der Waals surface area contributed by atoms with Crippen molar-refractivity contribution in [3.05, 3.63) is 34.1 Å². The van der Waals surface area contributed by atoms with Crippen LogP contribution in [0, 0.1) is 0 Å². The minimum Gasteiger partial charge on any atom is -0.355 e. The van der Waals surface area contributed by atoms with Gasteiger partial charge in [-0.1, -0.05) is 6.07 Å². The number of nitrogens with one attached hydrogen (secondary N) is 2. The van der Waals surface area contributed by atoms with Crippen LogP contribution in [0.5, 0.6) is 0 Å². The quantitative estimate of drug-likeness (QED) is 0.787. The van der Waals surface area contributed by atoms with Gasteiger partial charge in [-0.3, -0.25) is 4.79 Å². The number of hydrogen-bond acceptors (Lipinski definition) is 6. The molecule has 108 valence electrons. The molecule has 2 aromatic heterocycles. The lowest BCUT2D eigenvalue weighted by molar-refractivity contribution is -0.119. The Labute approximate surface area is 124 Å². The summed E-state index contributed by atoms with van der Waals surface area (Å²) in [6.07, 6.45) is 2.35. The molecule has 2 aromatic rings. The predicted octanol–water partition coefficient (Wildman–Crippen LogP) is 0.842. The highest BCUT2D eigenvalue weighted by Gasteiger charge is 2.15. The molecular weight excluding hydrogens is 318 g/mol. The van der Waals surface area contributed by atoms with Crippen molar-refractivity contribution >= 4 is 38.6 Å². The highest BCUT2D eigenvalue weighted by molar-refractivity contribution is 7.91. The number of nitrogens with zero attached hydrogens (tertiary/aromatic N) is 1. The number of carbonyl (C=O) groups excluding carboxylic acids is 1. The molecule has 0 spiro atoms. The van der Waals surface area contributed by atoms with Gasteiger partial charge in [0.05, 0.1) is 11.6 Å². The topological polar surface area (TPSA) is 88.2 Å². The smallest absolute Gasteiger partial charge is 0.250 e. The summed E-state index contributed by atoms with van der Waals surface area (Å²) in [5.41, 5.74) is 0. The summed E-state index contributed by atoms with van der Waals surface area (Å²) in [6.45, 7) is 0.172. The molecule has 0 aliphatic carbocycles. The lowest BCUT2D eigenvalue weighted by Crippen LogP contribution is -2.37. The molecule has 0 saturated heterocycles. The van der Waals surface area contributed by atoms with Crippen LogP contribution in [-0.4, -0.2) is 32.4 Å². The van der Waals surface area contributed by atoms with Gasteiger partial charge >= 0.3 is 0 Å². The SMILES string of the molecule is O=C(CNS(=O)(=O)c1cccs1)NCCc1nccs1. The van der Waals surface area contributed by atoms with Crippen molar-refractivity contribution < 1.29 is 13.2 Å². The molecule has 0 unspecified atom stereocenters. The lowest BCUT2D eigenvalue weighted by Gasteiger charge is -2.05. The van der Waals surface area contributed by atoms with E-state index < -0.39 is 10.0 Å². The van der Waals surface area contributed by atoms with Crippen molar-refractivity contribution in [3.63, 3.8) is 0 Å². The molecular formula is C11H13N3O3S3. The molecule has 2 heterocycles. The Morgan fingerprint density at radius 1 is 1.30 bits per heavy atom. The molecule has 0 bridgehead atoms. The monoisotopic (exact) mass is 331 g/mol. The summed E-state index contributed by atoms with van der Waals surface area (Å²) in [6, 6.07) is 3.14. The van der Waals surface area contributed by atoms with E-state index in [-0.39, 0.29) is 16.7 Å². The Morgan fingerprint density at radius 3 is 2.80 bits per heavy atom. The van der Waals surface area contributed by atoms with E-state index in [1.54, 1.807) is 17.6 Å². The molecule has 6 nitrogen and oxygen atoms in total. The van der Waals surface area contributed by atoms with Gasteiger partial charge in [-0.25, -0.2) is 18.1 Å². The Hall–Kier alpha value is -1.29. The number of thiophene rings is 1. The zero-order valence-corrected chi connectivity index (χ0v) is 12.9. The highest BCUT2D eigenvalue weighted by Crippen LogP contribution is 2.14. The van der Waals surface area contributed by atoms with Gasteiger partial charge in [0.2, 0.25) is 5.91 Å². The number of sulfonamides is 1. The first-order chi connectivity index (χ1) is 9.58. The number of amides is 1. The molecule has 9 heteroatoms. The van der Waals surface area contributed by atoms with E-state index in [1.807, 2.05) is 5.38 Å². The second-order valence-corrected chi connectivity index (χ2v) is 7.70. The Morgan fingerprint density at radius 2 is 2.15 bits per heavy atom. The van der Waals surface area contributed by atoms with E-state index in [0.29, 0.717) is 13.0 Å². The Bertz CT molecular complexity index is 636. The van der Waals surface area contributed by atoms with Crippen molar-refractivity contribution in [2.75, 3.05) is 13.1 Å². The second-order valence-electron chi connectivity index (χ2n) is 3.78. The first kappa shape index (κ1) is 15.1. The summed E-state index contributed by atoms with van der Waals surface area (Å²) in [7, 11) is -3.58. The molecule has 0 radical (unpaired) electrons. The Balaban J connectivity index is 1.72. The fraction of sp³-hybridized carbons (Fsp3) is 0.273. The number of hydrogen-bond donors (Lipinski definition) is 2. The number of rotatable bonds is 7. The van der Waals surface area contributed by atoms with Gasteiger partial charge in [0.1, 0.15) is 4.21 Å². The number of aromatic nitrogens is 1. The van der Waals surface area contributed by atoms with Crippen molar-refractivity contribution in [1.82, 2.24) is 15.0 Å². The molecule has 1 amide bonds. The van der Waals surface area contributed by atoms with Crippen LogP contribution >= 0.6 is 22.7 Å². The van der Waals surface area contributed by atoms with Crippen molar-refractivity contribution in [2.24, 2.45) is 0 Å². The van der Waals surface area contributed by atoms with Gasteiger partial charge in [-0.05, 0) is 11.4 Å². The maximum atomic E-state index is 11.8.